The van der Waals surface area contributed by atoms with Gasteiger partial charge >= 0.3 is 5.97 Å². The number of para-hydroxylation sites is 1. The molecule has 2 rings (SSSR count). The van der Waals surface area contributed by atoms with Gasteiger partial charge < -0.3 is 10.8 Å². The lowest BCUT2D eigenvalue weighted by atomic mass is 9.94. The van der Waals surface area contributed by atoms with E-state index in [1.54, 1.807) is 6.07 Å². The first-order valence-corrected chi connectivity index (χ1v) is 4.89. The molecule has 0 aliphatic carbocycles. The summed E-state index contributed by atoms with van der Waals surface area (Å²) in [6, 6.07) is 9.27. The zero-order chi connectivity index (χ0) is 11.8. The highest BCUT2D eigenvalue weighted by molar-refractivity contribution is 5.84. The fourth-order valence-electron chi connectivity index (χ4n) is 1.48. The predicted molar refractivity (Wildman–Crippen MR) is 60.9 cm³/mol. The first kappa shape index (κ1) is 10.6. The third-order valence-corrected chi connectivity index (χ3v) is 2.63. The van der Waals surface area contributed by atoms with Crippen LogP contribution in [0.3, 0.4) is 0 Å². The van der Waals surface area contributed by atoms with E-state index in [0.717, 1.165) is 10.9 Å². The van der Waals surface area contributed by atoms with Gasteiger partial charge in [0, 0.05) is 17.1 Å². The van der Waals surface area contributed by atoms with Crippen molar-refractivity contribution in [3.63, 3.8) is 0 Å². The van der Waals surface area contributed by atoms with Crippen LogP contribution in [-0.4, -0.2) is 16.1 Å². The van der Waals surface area contributed by atoms with E-state index < -0.39 is 11.5 Å². The van der Waals surface area contributed by atoms with Gasteiger partial charge in [-0.2, -0.15) is 0 Å². The number of fused-ring (bicyclic) bond motifs is 1. The van der Waals surface area contributed by atoms with Crippen LogP contribution in [0.4, 0.5) is 0 Å². The van der Waals surface area contributed by atoms with Gasteiger partial charge in [-0.25, -0.2) is 4.79 Å². The highest BCUT2D eigenvalue weighted by Crippen LogP contribution is 2.21. The Morgan fingerprint density at radius 3 is 2.81 bits per heavy atom. The van der Waals surface area contributed by atoms with Gasteiger partial charge in [0.1, 0.15) is 5.54 Å². The molecule has 0 fully saturated rings. The largest absolute Gasteiger partial charge is 0.480 e. The first-order valence-electron chi connectivity index (χ1n) is 4.89. The smallest absolute Gasteiger partial charge is 0.328 e. The molecule has 3 N–H and O–H groups in total. The van der Waals surface area contributed by atoms with Crippen LogP contribution in [-0.2, 0) is 10.3 Å². The highest BCUT2D eigenvalue weighted by Gasteiger charge is 2.30. The molecule has 0 spiro atoms. The lowest BCUT2D eigenvalue weighted by Gasteiger charge is -2.19. The number of carbonyl (C=O) groups is 1. The number of pyridine rings is 1. The minimum Gasteiger partial charge on any atom is -0.480 e. The zero-order valence-corrected chi connectivity index (χ0v) is 8.84. The van der Waals surface area contributed by atoms with Gasteiger partial charge in [0.15, 0.2) is 0 Å². The van der Waals surface area contributed by atoms with E-state index >= 15 is 0 Å². The number of carboxylic acid groups (broad SMARTS) is 1. The van der Waals surface area contributed by atoms with Gasteiger partial charge in [-0.15, -0.1) is 0 Å². The van der Waals surface area contributed by atoms with Crippen molar-refractivity contribution in [2.24, 2.45) is 5.73 Å². The average molecular weight is 216 g/mol. The molecule has 0 aliphatic heterocycles. The van der Waals surface area contributed by atoms with Crippen molar-refractivity contribution in [1.82, 2.24) is 4.98 Å². The van der Waals surface area contributed by atoms with Crippen molar-refractivity contribution < 1.29 is 9.90 Å². The van der Waals surface area contributed by atoms with Gasteiger partial charge in [-0.1, -0.05) is 18.2 Å². The number of carboxylic acids is 1. The van der Waals surface area contributed by atoms with Crippen LogP contribution in [0.25, 0.3) is 10.9 Å². The van der Waals surface area contributed by atoms with Crippen LogP contribution in [0, 0.1) is 0 Å². The number of hydrogen-bond acceptors (Lipinski definition) is 3. The Morgan fingerprint density at radius 1 is 1.44 bits per heavy atom. The first-order chi connectivity index (χ1) is 7.51. The SMILES string of the molecule is CC(N)(C(=O)O)c1cnc2ccccc2c1. The summed E-state index contributed by atoms with van der Waals surface area (Å²) in [5.74, 6) is -1.07. The molecule has 82 valence electrons. The minimum atomic E-state index is -1.41. The Morgan fingerprint density at radius 2 is 2.12 bits per heavy atom. The van der Waals surface area contributed by atoms with Crippen LogP contribution in [0.1, 0.15) is 12.5 Å². The van der Waals surface area contributed by atoms with Gasteiger partial charge in [0.2, 0.25) is 0 Å². The molecule has 0 saturated heterocycles. The summed E-state index contributed by atoms with van der Waals surface area (Å²) < 4.78 is 0. The van der Waals surface area contributed by atoms with Crippen molar-refractivity contribution in [3.05, 3.63) is 42.1 Å². The topological polar surface area (TPSA) is 76.2 Å². The molecule has 16 heavy (non-hydrogen) atoms. The standard InChI is InChI=1S/C12H12N2O2/c1-12(13,11(15)16)9-6-8-4-2-3-5-10(8)14-7-9/h2-7H,13H2,1H3,(H,15,16). The molecule has 1 heterocycles. The maximum absolute atomic E-state index is 11.0. The third-order valence-electron chi connectivity index (χ3n) is 2.63. The molecular weight excluding hydrogens is 204 g/mol. The van der Waals surface area contributed by atoms with Crippen molar-refractivity contribution in [3.8, 4) is 0 Å². The van der Waals surface area contributed by atoms with Gasteiger partial charge in [-0.05, 0) is 19.1 Å². The number of rotatable bonds is 2. The van der Waals surface area contributed by atoms with Crippen molar-refractivity contribution >= 4 is 16.9 Å². The fraction of sp³-hybridized carbons (Fsp3) is 0.167. The van der Waals surface area contributed by atoms with Gasteiger partial charge in [0.05, 0.1) is 5.52 Å². The van der Waals surface area contributed by atoms with E-state index in [-0.39, 0.29) is 0 Å². The Bertz CT molecular complexity index is 549. The number of aliphatic carboxylic acids is 1. The lowest BCUT2D eigenvalue weighted by Crippen LogP contribution is -2.41. The zero-order valence-electron chi connectivity index (χ0n) is 8.84. The van der Waals surface area contributed by atoms with E-state index in [4.69, 9.17) is 10.8 Å². The Kier molecular flexibility index (Phi) is 2.36. The molecule has 0 radical (unpaired) electrons. The van der Waals surface area contributed by atoms with E-state index in [1.807, 2.05) is 24.3 Å². The molecule has 0 amide bonds. The van der Waals surface area contributed by atoms with Crippen LogP contribution in [0.5, 0.6) is 0 Å². The summed E-state index contributed by atoms with van der Waals surface area (Å²) in [6.07, 6.45) is 1.51. The summed E-state index contributed by atoms with van der Waals surface area (Å²) in [4.78, 5) is 15.2. The number of benzene rings is 1. The monoisotopic (exact) mass is 216 g/mol. The summed E-state index contributed by atoms with van der Waals surface area (Å²) >= 11 is 0. The fourth-order valence-corrected chi connectivity index (χ4v) is 1.48. The molecule has 4 nitrogen and oxygen atoms in total. The molecule has 2 aromatic rings. The Labute approximate surface area is 92.7 Å². The lowest BCUT2D eigenvalue weighted by molar-refractivity contribution is -0.143. The summed E-state index contributed by atoms with van der Waals surface area (Å²) in [6.45, 7) is 1.46. The maximum Gasteiger partial charge on any atom is 0.328 e. The number of nitrogens with two attached hydrogens (primary N) is 1. The number of nitrogens with zero attached hydrogens (tertiary/aromatic N) is 1. The molecule has 0 aliphatic rings. The Balaban J connectivity index is 2.59. The molecule has 4 heteroatoms. The van der Waals surface area contributed by atoms with Crippen LogP contribution in [0.15, 0.2) is 36.5 Å². The minimum absolute atomic E-state index is 0.499. The summed E-state index contributed by atoms with van der Waals surface area (Å²) in [7, 11) is 0. The van der Waals surface area contributed by atoms with Crippen molar-refractivity contribution in [1.29, 1.82) is 0 Å². The third kappa shape index (κ3) is 1.63. The maximum atomic E-state index is 11.0. The molecule has 1 aromatic carbocycles. The second-order valence-corrected chi connectivity index (χ2v) is 3.92. The quantitative estimate of drug-likeness (QED) is 0.797. The number of hydrogen-bond donors (Lipinski definition) is 2. The van der Waals surface area contributed by atoms with E-state index in [0.29, 0.717) is 5.56 Å². The van der Waals surface area contributed by atoms with Crippen LogP contribution >= 0.6 is 0 Å². The summed E-state index contributed by atoms with van der Waals surface area (Å²) in [5, 5.41) is 9.90. The van der Waals surface area contributed by atoms with Crippen molar-refractivity contribution in [2.45, 2.75) is 12.5 Å². The molecule has 0 bridgehead atoms. The highest BCUT2D eigenvalue weighted by atomic mass is 16.4. The van der Waals surface area contributed by atoms with Gasteiger partial charge in [0.25, 0.3) is 0 Å². The number of aromatic nitrogens is 1. The van der Waals surface area contributed by atoms with Crippen molar-refractivity contribution in [2.75, 3.05) is 0 Å². The molecule has 1 aromatic heterocycles. The molecular formula is C12H12N2O2. The van der Waals surface area contributed by atoms with E-state index in [2.05, 4.69) is 4.98 Å². The van der Waals surface area contributed by atoms with E-state index in [9.17, 15) is 4.79 Å². The van der Waals surface area contributed by atoms with Crippen LogP contribution in [0.2, 0.25) is 0 Å². The average Bonchev–Trinajstić information content (AvgIpc) is 2.28. The molecule has 1 unspecified atom stereocenters. The second kappa shape index (κ2) is 3.57. The normalized spacial score (nSPS) is 14.6. The second-order valence-electron chi connectivity index (χ2n) is 3.92. The summed E-state index contributed by atoms with van der Waals surface area (Å²) in [5.41, 5.74) is 5.65. The van der Waals surface area contributed by atoms with E-state index in [1.165, 1.54) is 13.1 Å². The molecule has 1 atom stereocenters. The van der Waals surface area contributed by atoms with Crippen LogP contribution < -0.4 is 5.73 Å². The Hall–Kier alpha value is -1.94. The van der Waals surface area contributed by atoms with Gasteiger partial charge in [-0.3, -0.25) is 4.98 Å². The molecule has 0 saturated carbocycles. The predicted octanol–water partition coefficient (Wildman–Crippen LogP) is 1.49.